The molecule has 1 aromatic heterocycles. The number of nitrogens with one attached hydrogen (secondary N) is 1. The number of carbonyl (C=O) groups excluding carboxylic acids is 1. The van der Waals surface area contributed by atoms with Crippen molar-refractivity contribution in [3.05, 3.63) is 47.8 Å². The Balaban J connectivity index is 0.000000757. The van der Waals surface area contributed by atoms with Gasteiger partial charge in [-0.1, -0.05) is 71.8 Å². The fourth-order valence-corrected chi connectivity index (χ4v) is 4.64. The Kier molecular flexibility index (Phi) is 12.9. The molecule has 0 aliphatic carbocycles. The number of fused-ring (bicyclic) bond motifs is 1. The van der Waals surface area contributed by atoms with Crippen molar-refractivity contribution >= 4 is 21.7 Å². The second-order valence-corrected chi connectivity index (χ2v) is 12.6. The predicted molar refractivity (Wildman–Crippen MR) is 157 cm³/mol. The molecular formula is C30H47N3O4S. The van der Waals surface area contributed by atoms with Gasteiger partial charge in [0.15, 0.2) is 0 Å². The molecule has 0 fully saturated rings. The molecule has 0 atom stereocenters. The first-order valence-electron chi connectivity index (χ1n) is 14.0. The normalized spacial score (nSPS) is 14.6. The molecule has 3 rings (SSSR count). The van der Waals surface area contributed by atoms with E-state index in [9.17, 15) is 13.2 Å². The van der Waals surface area contributed by atoms with Gasteiger partial charge in [0.05, 0.1) is 5.75 Å². The number of amides is 1. The van der Waals surface area contributed by atoms with E-state index in [0.717, 1.165) is 29.9 Å². The van der Waals surface area contributed by atoms with Crippen molar-refractivity contribution in [2.24, 2.45) is 0 Å². The van der Waals surface area contributed by atoms with E-state index in [2.05, 4.69) is 55.3 Å². The Morgan fingerprint density at radius 3 is 2.24 bits per heavy atom. The van der Waals surface area contributed by atoms with Crippen LogP contribution in [0.1, 0.15) is 96.6 Å². The lowest BCUT2D eigenvalue weighted by molar-refractivity contribution is -0.119. The van der Waals surface area contributed by atoms with E-state index in [1.54, 1.807) is 4.90 Å². The van der Waals surface area contributed by atoms with Crippen LogP contribution in [0.4, 0.5) is 5.69 Å². The number of pyridine rings is 1. The van der Waals surface area contributed by atoms with E-state index in [0.29, 0.717) is 6.42 Å². The predicted octanol–water partition coefficient (Wildman–Crippen LogP) is 6.52. The van der Waals surface area contributed by atoms with Crippen LogP contribution in [-0.4, -0.2) is 43.2 Å². The van der Waals surface area contributed by atoms with Gasteiger partial charge in [-0.2, -0.15) is 8.42 Å². The number of nitrogens with zero attached hydrogens (tertiary/aromatic N) is 2. The topological polar surface area (TPSA) is 99.6 Å². The summed E-state index contributed by atoms with van der Waals surface area (Å²) in [4.78, 5) is 18.6. The molecule has 1 aliphatic heterocycles. The zero-order chi connectivity index (χ0) is 28.2. The zero-order valence-electron chi connectivity index (χ0n) is 23.9. The molecule has 0 radical (unpaired) electrons. The summed E-state index contributed by atoms with van der Waals surface area (Å²) in [6.07, 6.45) is 15.2. The third kappa shape index (κ3) is 10.5. The smallest absolute Gasteiger partial charge is 0.264 e. The van der Waals surface area contributed by atoms with Gasteiger partial charge in [0.1, 0.15) is 0 Å². The molecule has 0 spiro atoms. The maximum Gasteiger partial charge on any atom is 0.264 e. The van der Waals surface area contributed by atoms with E-state index in [1.807, 2.05) is 19.4 Å². The van der Waals surface area contributed by atoms with Gasteiger partial charge in [0, 0.05) is 49.1 Å². The highest BCUT2D eigenvalue weighted by molar-refractivity contribution is 7.85. The average Bonchev–Trinajstić information content (AvgIpc) is 2.88. The maximum absolute atomic E-state index is 12.3. The van der Waals surface area contributed by atoms with Crippen molar-refractivity contribution in [2.45, 2.75) is 97.4 Å². The van der Waals surface area contributed by atoms with Crippen LogP contribution < -0.4 is 10.2 Å². The molecule has 1 aromatic carbocycles. The lowest BCUT2D eigenvalue weighted by atomic mass is 9.76. The largest absolute Gasteiger partial charge is 0.315 e. The minimum Gasteiger partial charge on any atom is -0.315 e. The van der Waals surface area contributed by atoms with Crippen molar-refractivity contribution in [1.82, 2.24) is 10.3 Å². The van der Waals surface area contributed by atoms with Gasteiger partial charge in [0.25, 0.3) is 10.1 Å². The molecule has 2 aromatic rings. The highest BCUT2D eigenvalue weighted by Gasteiger charge is 2.35. The number of anilines is 1. The van der Waals surface area contributed by atoms with Gasteiger partial charge in [-0.3, -0.25) is 14.3 Å². The number of benzene rings is 1. The van der Waals surface area contributed by atoms with Crippen LogP contribution in [0.25, 0.3) is 11.1 Å². The summed E-state index contributed by atoms with van der Waals surface area (Å²) < 4.78 is 26.9. The molecule has 0 saturated heterocycles. The molecule has 2 N–H and O–H groups in total. The van der Waals surface area contributed by atoms with Crippen LogP contribution in [0.5, 0.6) is 0 Å². The quantitative estimate of drug-likeness (QED) is 0.220. The van der Waals surface area contributed by atoms with Crippen molar-refractivity contribution in [2.75, 3.05) is 24.2 Å². The number of unbranched alkanes of at least 4 members (excludes halogenated alkanes) is 7. The zero-order valence-corrected chi connectivity index (χ0v) is 24.7. The van der Waals surface area contributed by atoms with Crippen molar-refractivity contribution < 1.29 is 17.8 Å². The summed E-state index contributed by atoms with van der Waals surface area (Å²) >= 11 is 0. The van der Waals surface area contributed by atoms with Gasteiger partial charge < -0.3 is 10.2 Å². The molecule has 0 unspecified atom stereocenters. The third-order valence-corrected chi connectivity index (χ3v) is 7.81. The van der Waals surface area contributed by atoms with Gasteiger partial charge in [0.2, 0.25) is 5.91 Å². The van der Waals surface area contributed by atoms with Crippen LogP contribution >= 0.6 is 0 Å². The van der Waals surface area contributed by atoms with E-state index < -0.39 is 10.1 Å². The first kappa shape index (κ1) is 31.9. The second kappa shape index (κ2) is 15.3. The average molecular weight is 546 g/mol. The van der Waals surface area contributed by atoms with Crippen LogP contribution in [0.2, 0.25) is 0 Å². The Bertz CT molecular complexity index is 1130. The summed E-state index contributed by atoms with van der Waals surface area (Å²) in [7, 11) is -1.79. The minimum atomic E-state index is -3.66. The Hall–Kier alpha value is -2.29. The van der Waals surface area contributed by atoms with E-state index in [4.69, 9.17) is 4.55 Å². The maximum atomic E-state index is 12.3. The van der Waals surface area contributed by atoms with E-state index in [-0.39, 0.29) is 17.1 Å². The molecular weight excluding hydrogens is 498 g/mol. The van der Waals surface area contributed by atoms with Gasteiger partial charge in [-0.25, -0.2) is 0 Å². The summed E-state index contributed by atoms with van der Waals surface area (Å²) in [6.45, 7) is 9.87. The third-order valence-electron chi connectivity index (χ3n) is 7.08. The lowest BCUT2D eigenvalue weighted by Gasteiger charge is -2.37. The standard InChI is InChI=1S/C28H41N3O.C2H6O3S/c1-5-6-7-8-9-10-11-12-15-29-19-22-16-24(21-30-20-22)23-13-14-26-25(17-23)28(2,3)18-27(32)31(26)4;1-2-6(3,4)5/h13-14,16-17,20-21,29H,5-12,15,18-19H2,1-4H3;2H2,1H3,(H,3,4,5). The Morgan fingerprint density at radius 1 is 0.974 bits per heavy atom. The van der Waals surface area contributed by atoms with Gasteiger partial charge in [-0.05, 0) is 54.8 Å². The number of hydrogen-bond donors (Lipinski definition) is 2. The van der Waals surface area contributed by atoms with Crippen LogP contribution in [0, 0.1) is 0 Å². The van der Waals surface area contributed by atoms with Crippen molar-refractivity contribution in [3.63, 3.8) is 0 Å². The SMILES string of the molecule is CCCCCCCCCCNCc1cncc(-c2ccc3c(c2)C(C)(C)CC(=O)N3C)c1.CCS(=O)(=O)O. The molecule has 0 bridgehead atoms. The fraction of sp³-hybridized carbons (Fsp3) is 0.600. The molecule has 7 nitrogen and oxygen atoms in total. The van der Waals surface area contributed by atoms with Crippen LogP contribution in [0.15, 0.2) is 36.7 Å². The van der Waals surface area contributed by atoms with Crippen molar-refractivity contribution in [3.8, 4) is 11.1 Å². The summed E-state index contributed by atoms with van der Waals surface area (Å²) in [5, 5.41) is 3.58. The molecule has 2 heterocycles. The van der Waals surface area contributed by atoms with Crippen LogP contribution in [0.3, 0.4) is 0 Å². The highest BCUT2D eigenvalue weighted by atomic mass is 32.2. The van der Waals surface area contributed by atoms with Crippen LogP contribution in [-0.2, 0) is 26.9 Å². The summed E-state index contributed by atoms with van der Waals surface area (Å²) in [5.41, 5.74) is 5.61. The number of rotatable bonds is 13. The number of aromatic nitrogens is 1. The second-order valence-electron chi connectivity index (χ2n) is 10.8. The van der Waals surface area contributed by atoms with E-state index >= 15 is 0 Å². The molecule has 1 amide bonds. The summed E-state index contributed by atoms with van der Waals surface area (Å²) in [6, 6.07) is 8.67. The van der Waals surface area contributed by atoms with E-state index in [1.165, 1.54) is 69.4 Å². The first-order valence-corrected chi connectivity index (χ1v) is 15.6. The van der Waals surface area contributed by atoms with Crippen molar-refractivity contribution in [1.29, 1.82) is 0 Å². The Morgan fingerprint density at radius 2 is 1.61 bits per heavy atom. The monoisotopic (exact) mass is 545 g/mol. The Labute approximate surface area is 230 Å². The van der Waals surface area contributed by atoms with Gasteiger partial charge in [-0.15, -0.1) is 0 Å². The number of carbonyl (C=O) groups is 1. The molecule has 212 valence electrons. The minimum absolute atomic E-state index is 0.155. The molecule has 1 aliphatic rings. The fourth-order valence-electron chi connectivity index (χ4n) is 4.64. The lowest BCUT2D eigenvalue weighted by Crippen LogP contribution is -2.39. The number of hydrogen-bond acceptors (Lipinski definition) is 5. The molecule has 38 heavy (non-hydrogen) atoms. The van der Waals surface area contributed by atoms with Gasteiger partial charge >= 0.3 is 0 Å². The highest BCUT2D eigenvalue weighted by Crippen LogP contribution is 2.41. The molecule has 8 heteroatoms. The summed E-state index contributed by atoms with van der Waals surface area (Å²) in [5.74, 6) is -0.0195. The molecule has 0 saturated carbocycles. The first-order chi connectivity index (χ1) is 18.0.